The molecule has 2 N–H and O–H groups in total. The Kier molecular flexibility index (Phi) is 10.7. The van der Waals surface area contributed by atoms with Crippen LogP contribution in [0.15, 0.2) is 23.3 Å². The zero-order valence-corrected chi connectivity index (χ0v) is 20.0. The Hall–Kier alpha value is -1.76. The number of hydrogen-bond donors (Lipinski definition) is 2. The maximum atomic E-state index is 12.6. The van der Waals surface area contributed by atoms with E-state index in [-0.39, 0.29) is 41.5 Å². The Morgan fingerprint density at radius 1 is 1.23 bits per heavy atom. The number of aryl methyl sites for hydroxylation is 3. The van der Waals surface area contributed by atoms with Crippen LogP contribution in [0.1, 0.15) is 23.4 Å². The lowest BCUT2D eigenvalue weighted by atomic mass is 10.3. The topological polar surface area (TPSA) is 76.4 Å². The summed E-state index contributed by atoms with van der Waals surface area (Å²) < 4.78 is 45.1. The number of rotatable bonds is 8. The number of nitrogens with zero attached hydrogens (tertiary/aromatic N) is 4. The minimum absolute atomic E-state index is 0. The summed E-state index contributed by atoms with van der Waals surface area (Å²) in [5.74, 6) is 0.544. The molecule has 0 aliphatic rings. The number of aromatic nitrogens is 3. The largest absolute Gasteiger partial charge is 0.475 e. The van der Waals surface area contributed by atoms with E-state index in [1.807, 2.05) is 24.6 Å². The molecule has 0 saturated heterocycles. The molecule has 168 valence electrons. The van der Waals surface area contributed by atoms with Gasteiger partial charge in [-0.25, -0.2) is 4.98 Å². The van der Waals surface area contributed by atoms with Gasteiger partial charge in [0.2, 0.25) is 5.88 Å². The van der Waals surface area contributed by atoms with Crippen molar-refractivity contribution < 1.29 is 17.9 Å². The maximum Gasteiger partial charge on any atom is 0.417 e. The minimum Gasteiger partial charge on any atom is -0.475 e. The summed E-state index contributed by atoms with van der Waals surface area (Å²) in [5, 5.41) is 10.4. The number of ether oxygens (including phenoxy) is 1. The van der Waals surface area contributed by atoms with Crippen LogP contribution in [-0.4, -0.2) is 47.5 Å². The van der Waals surface area contributed by atoms with Crippen molar-refractivity contribution in [2.75, 3.05) is 26.7 Å². The van der Waals surface area contributed by atoms with E-state index in [0.717, 1.165) is 30.4 Å². The summed E-state index contributed by atoms with van der Waals surface area (Å²) in [7, 11) is 1.64. The van der Waals surface area contributed by atoms with Crippen LogP contribution in [0.2, 0.25) is 5.02 Å². The molecule has 12 heteroatoms. The molecule has 2 rings (SSSR count). The van der Waals surface area contributed by atoms with E-state index in [1.54, 1.807) is 7.05 Å². The van der Waals surface area contributed by atoms with Gasteiger partial charge >= 0.3 is 6.18 Å². The zero-order chi connectivity index (χ0) is 21.4. The molecule has 30 heavy (non-hydrogen) atoms. The van der Waals surface area contributed by atoms with Gasteiger partial charge in [0, 0.05) is 32.0 Å². The SMILES string of the molecule is CN=C(NCCCn1nc(C)cc1C)NCCOc1ncc(C(F)(F)F)cc1Cl.I. The molecule has 0 amide bonds. The van der Waals surface area contributed by atoms with Gasteiger partial charge in [0.15, 0.2) is 5.96 Å². The number of alkyl halides is 3. The van der Waals surface area contributed by atoms with Crippen LogP contribution in [0.4, 0.5) is 13.2 Å². The lowest BCUT2D eigenvalue weighted by molar-refractivity contribution is -0.137. The summed E-state index contributed by atoms with van der Waals surface area (Å²) in [6.45, 7) is 6.01. The van der Waals surface area contributed by atoms with Gasteiger partial charge in [0.25, 0.3) is 0 Å². The van der Waals surface area contributed by atoms with Crippen molar-refractivity contribution in [1.82, 2.24) is 25.4 Å². The molecule has 0 aliphatic carbocycles. The fourth-order valence-electron chi connectivity index (χ4n) is 2.56. The average molecular weight is 561 g/mol. The summed E-state index contributed by atoms with van der Waals surface area (Å²) in [4.78, 5) is 7.73. The fourth-order valence-corrected chi connectivity index (χ4v) is 2.78. The normalized spacial score (nSPS) is 11.8. The zero-order valence-electron chi connectivity index (χ0n) is 16.9. The van der Waals surface area contributed by atoms with Gasteiger partial charge in [0.05, 0.1) is 17.8 Å². The van der Waals surface area contributed by atoms with Crippen molar-refractivity contribution in [3.63, 3.8) is 0 Å². The Balaban J connectivity index is 0.00000450. The minimum atomic E-state index is -4.50. The molecule has 2 heterocycles. The molecule has 2 aromatic heterocycles. The monoisotopic (exact) mass is 560 g/mol. The second kappa shape index (κ2) is 12.2. The quantitative estimate of drug-likeness (QED) is 0.222. The summed E-state index contributed by atoms with van der Waals surface area (Å²) in [5.41, 5.74) is 1.20. The third-order valence-corrected chi connectivity index (χ3v) is 4.20. The molecular formula is C18H25ClF3IN6O. The van der Waals surface area contributed by atoms with Crippen molar-refractivity contribution in [2.45, 2.75) is 33.0 Å². The lowest BCUT2D eigenvalue weighted by Gasteiger charge is -2.13. The number of halogens is 5. The van der Waals surface area contributed by atoms with Crippen LogP contribution in [0, 0.1) is 13.8 Å². The van der Waals surface area contributed by atoms with E-state index in [4.69, 9.17) is 16.3 Å². The van der Waals surface area contributed by atoms with E-state index >= 15 is 0 Å². The van der Waals surface area contributed by atoms with Crippen LogP contribution in [-0.2, 0) is 12.7 Å². The van der Waals surface area contributed by atoms with Crippen LogP contribution in [0.5, 0.6) is 5.88 Å². The van der Waals surface area contributed by atoms with Gasteiger partial charge in [-0.1, -0.05) is 11.6 Å². The number of guanidine groups is 1. The Labute approximate surface area is 195 Å². The van der Waals surface area contributed by atoms with Gasteiger partial charge in [-0.3, -0.25) is 9.67 Å². The standard InChI is InChI=1S/C18H24ClF3N6O.HI/c1-12-9-13(2)28(27-12)7-4-5-24-17(23-3)25-6-8-29-16-15(19)10-14(11-26-16)18(20,21)22;/h9-11H,4-8H2,1-3H3,(H2,23,24,25);1H. The Morgan fingerprint density at radius 3 is 2.50 bits per heavy atom. The summed E-state index contributed by atoms with van der Waals surface area (Å²) >= 11 is 5.80. The summed E-state index contributed by atoms with van der Waals surface area (Å²) in [6.07, 6.45) is -2.94. The lowest BCUT2D eigenvalue weighted by Crippen LogP contribution is -2.40. The second-order valence-corrected chi connectivity index (χ2v) is 6.69. The van der Waals surface area contributed by atoms with Crippen molar-refractivity contribution in [2.24, 2.45) is 4.99 Å². The molecule has 0 aromatic carbocycles. The molecule has 0 fully saturated rings. The third-order valence-electron chi connectivity index (χ3n) is 3.93. The first-order valence-electron chi connectivity index (χ1n) is 9.02. The van der Waals surface area contributed by atoms with E-state index in [0.29, 0.717) is 25.2 Å². The maximum absolute atomic E-state index is 12.6. The Bertz CT molecular complexity index is 844. The first-order valence-corrected chi connectivity index (χ1v) is 9.39. The number of aliphatic imine (C=N–C) groups is 1. The van der Waals surface area contributed by atoms with E-state index in [2.05, 4.69) is 25.7 Å². The number of pyridine rings is 1. The van der Waals surface area contributed by atoms with Crippen LogP contribution in [0.3, 0.4) is 0 Å². The van der Waals surface area contributed by atoms with Gasteiger partial charge in [0.1, 0.15) is 11.6 Å². The van der Waals surface area contributed by atoms with Gasteiger partial charge in [-0.15, -0.1) is 24.0 Å². The first-order chi connectivity index (χ1) is 13.7. The highest BCUT2D eigenvalue weighted by molar-refractivity contribution is 14.0. The van der Waals surface area contributed by atoms with Crippen LogP contribution < -0.4 is 15.4 Å². The Morgan fingerprint density at radius 2 is 1.93 bits per heavy atom. The first kappa shape index (κ1) is 26.3. The van der Waals surface area contributed by atoms with Gasteiger partial charge in [-0.2, -0.15) is 18.3 Å². The van der Waals surface area contributed by atoms with Crippen molar-refractivity contribution >= 4 is 41.5 Å². The molecular weight excluding hydrogens is 536 g/mol. The van der Waals surface area contributed by atoms with Crippen molar-refractivity contribution in [3.8, 4) is 5.88 Å². The predicted octanol–water partition coefficient (Wildman–Crippen LogP) is 3.82. The third kappa shape index (κ3) is 8.17. The van der Waals surface area contributed by atoms with Crippen molar-refractivity contribution in [1.29, 1.82) is 0 Å². The molecule has 0 spiro atoms. The second-order valence-electron chi connectivity index (χ2n) is 6.29. The fraction of sp³-hybridized carbons (Fsp3) is 0.500. The predicted molar refractivity (Wildman–Crippen MR) is 121 cm³/mol. The molecule has 0 aliphatic heterocycles. The van der Waals surface area contributed by atoms with E-state index in [1.165, 1.54) is 0 Å². The highest BCUT2D eigenvalue weighted by Crippen LogP contribution is 2.32. The highest BCUT2D eigenvalue weighted by Gasteiger charge is 2.31. The molecule has 0 bridgehead atoms. The van der Waals surface area contributed by atoms with Gasteiger partial charge < -0.3 is 15.4 Å². The molecule has 2 aromatic rings. The number of nitrogens with one attached hydrogen (secondary N) is 2. The van der Waals surface area contributed by atoms with E-state index < -0.39 is 11.7 Å². The van der Waals surface area contributed by atoms with Crippen LogP contribution >= 0.6 is 35.6 Å². The van der Waals surface area contributed by atoms with Gasteiger partial charge in [-0.05, 0) is 32.4 Å². The van der Waals surface area contributed by atoms with E-state index in [9.17, 15) is 13.2 Å². The molecule has 7 nitrogen and oxygen atoms in total. The molecule has 0 saturated carbocycles. The van der Waals surface area contributed by atoms with Crippen molar-refractivity contribution in [3.05, 3.63) is 40.3 Å². The summed E-state index contributed by atoms with van der Waals surface area (Å²) in [6, 6.07) is 2.83. The molecule has 0 unspecified atom stereocenters. The number of hydrogen-bond acceptors (Lipinski definition) is 4. The average Bonchev–Trinajstić information content (AvgIpc) is 2.97. The molecule has 0 radical (unpaired) electrons. The smallest absolute Gasteiger partial charge is 0.417 e. The highest BCUT2D eigenvalue weighted by atomic mass is 127. The van der Waals surface area contributed by atoms with Crippen LogP contribution in [0.25, 0.3) is 0 Å². The molecule has 0 atom stereocenters.